The van der Waals surface area contributed by atoms with E-state index in [-0.39, 0.29) is 0 Å². The molecule has 0 amide bonds. The highest BCUT2D eigenvalue weighted by Gasteiger charge is 2.43. The van der Waals surface area contributed by atoms with Crippen LogP contribution in [0.4, 0.5) is 0 Å². The summed E-state index contributed by atoms with van der Waals surface area (Å²) in [5, 5.41) is 17.5. The Bertz CT molecular complexity index is 216. The van der Waals surface area contributed by atoms with Gasteiger partial charge < -0.3 is 0 Å². The summed E-state index contributed by atoms with van der Waals surface area (Å²) >= 11 is 0. The highest BCUT2D eigenvalue weighted by molar-refractivity contribution is 5.03. The predicted octanol–water partition coefficient (Wildman–Crippen LogP) is 2.47. The van der Waals surface area contributed by atoms with E-state index in [0.717, 1.165) is 12.0 Å². The second-order valence-corrected chi connectivity index (χ2v) is 4.32. The first-order chi connectivity index (χ1) is 6.53. The Morgan fingerprint density at radius 2 is 2.14 bits per heavy atom. The Balaban J connectivity index is 2.68. The molecule has 0 radical (unpaired) electrons. The fraction of sp³-hybridized carbons (Fsp3) is 0.800. The third-order valence-electron chi connectivity index (χ3n) is 3.20. The minimum atomic E-state index is -0.805. The average molecular weight is 202 g/mol. The van der Waals surface area contributed by atoms with Crippen molar-refractivity contribution in [2.24, 2.45) is 5.92 Å². The Kier molecular flexibility index (Phi) is 3.66. The van der Waals surface area contributed by atoms with Gasteiger partial charge in [-0.3, -0.25) is 10.5 Å². The summed E-state index contributed by atoms with van der Waals surface area (Å²) in [4.78, 5) is 8.75. The monoisotopic (exact) mass is 202 g/mol. The van der Waals surface area contributed by atoms with Crippen molar-refractivity contribution in [1.29, 1.82) is 0 Å². The highest BCUT2D eigenvalue weighted by Crippen LogP contribution is 2.38. The summed E-state index contributed by atoms with van der Waals surface area (Å²) in [7, 11) is 0. The molecule has 0 aromatic carbocycles. The minimum absolute atomic E-state index is 0.329. The smallest absolute Gasteiger partial charge is 0.130 e. The van der Waals surface area contributed by atoms with Gasteiger partial charge in [-0.1, -0.05) is 12.2 Å². The summed E-state index contributed by atoms with van der Waals surface area (Å²) in [5.74, 6) is 0.329. The van der Waals surface area contributed by atoms with Crippen molar-refractivity contribution in [2.45, 2.75) is 44.8 Å². The van der Waals surface area contributed by atoms with E-state index in [4.69, 9.17) is 10.5 Å². The maximum absolute atomic E-state index is 8.76. The van der Waals surface area contributed by atoms with Crippen LogP contribution in [-0.4, -0.2) is 22.2 Å². The maximum atomic E-state index is 8.76. The van der Waals surface area contributed by atoms with Crippen LogP contribution in [0, 0.1) is 5.92 Å². The van der Waals surface area contributed by atoms with Crippen molar-refractivity contribution < 1.29 is 20.3 Å². The molecule has 0 aromatic heterocycles. The van der Waals surface area contributed by atoms with Crippen LogP contribution in [0.5, 0.6) is 0 Å². The van der Waals surface area contributed by atoms with Gasteiger partial charge in [-0.2, -0.15) is 0 Å². The lowest BCUT2D eigenvalue weighted by atomic mass is 9.75. The zero-order valence-electron chi connectivity index (χ0n) is 8.69. The summed E-state index contributed by atoms with van der Waals surface area (Å²) in [6, 6.07) is 0. The van der Waals surface area contributed by atoms with Crippen LogP contribution in [0.3, 0.4) is 0 Å². The molecule has 14 heavy (non-hydrogen) atoms. The second kappa shape index (κ2) is 4.40. The van der Waals surface area contributed by atoms with Gasteiger partial charge in [0.25, 0.3) is 0 Å². The molecule has 2 N–H and O–H groups in total. The van der Waals surface area contributed by atoms with Crippen LogP contribution in [0.25, 0.3) is 0 Å². The first-order valence-electron chi connectivity index (χ1n) is 4.81. The fourth-order valence-corrected chi connectivity index (χ4v) is 1.95. The second-order valence-electron chi connectivity index (χ2n) is 4.32. The van der Waals surface area contributed by atoms with Crippen molar-refractivity contribution in [3.63, 3.8) is 0 Å². The minimum Gasteiger partial charge on any atom is -0.251 e. The largest absolute Gasteiger partial charge is 0.251 e. The topological polar surface area (TPSA) is 58.9 Å². The van der Waals surface area contributed by atoms with E-state index in [1.807, 2.05) is 6.92 Å². The zero-order chi connectivity index (χ0) is 10.8. The summed E-state index contributed by atoms with van der Waals surface area (Å²) in [6.07, 6.45) is 1.67. The summed E-state index contributed by atoms with van der Waals surface area (Å²) < 4.78 is 0. The lowest BCUT2D eigenvalue weighted by Crippen LogP contribution is -2.47. The van der Waals surface area contributed by atoms with Crippen LogP contribution < -0.4 is 0 Å². The molecule has 1 rings (SSSR count). The summed E-state index contributed by atoms with van der Waals surface area (Å²) in [6.45, 7) is 7.57. The van der Waals surface area contributed by atoms with E-state index >= 15 is 0 Å². The molecule has 82 valence electrons. The Morgan fingerprint density at radius 3 is 2.57 bits per heavy atom. The molecule has 0 aliphatic heterocycles. The number of allylic oxidation sites excluding steroid dienone is 1. The first-order valence-corrected chi connectivity index (χ1v) is 4.81. The van der Waals surface area contributed by atoms with Gasteiger partial charge in [0, 0.05) is 0 Å². The van der Waals surface area contributed by atoms with Crippen molar-refractivity contribution >= 4 is 0 Å². The standard InChI is InChI=1S/C10H18O4/c1-7(2)8-4-5-10(3,14-12)9(6-8)13-11/h8-9,11-12H,1,4-6H2,2-3H3. The van der Waals surface area contributed by atoms with Crippen LogP contribution in [-0.2, 0) is 9.78 Å². The SMILES string of the molecule is C=C(C)C1CCC(C)(OO)C(OO)C1. The average Bonchev–Trinajstić information content (AvgIpc) is 2.18. The Morgan fingerprint density at radius 1 is 1.50 bits per heavy atom. The van der Waals surface area contributed by atoms with Crippen molar-refractivity contribution in [2.75, 3.05) is 0 Å². The Hall–Kier alpha value is -0.420. The molecule has 0 spiro atoms. The van der Waals surface area contributed by atoms with Crippen molar-refractivity contribution in [3.05, 3.63) is 12.2 Å². The van der Waals surface area contributed by atoms with Gasteiger partial charge in [0.2, 0.25) is 0 Å². The third-order valence-corrected chi connectivity index (χ3v) is 3.20. The first kappa shape index (κ1) is 11.7. The van der Waals surface area contributed by atoms with Gasteiger partial charge in [0.05, 0.1) is 0 Å². The summed E-state index contributed by atoms with van der Waals surface area (Å²) in [5.41, 5.74) is 0.271. The molecule has 0 heterocycles. The lowest BCUT2D eigenvalue weighted by Gasteiger charge is -2.39. The molecule has 0 aromatic rings. The fourth-order valence-electron chi connectivity index (χ4n) is 1.95. The Labute approximate surface area is 84.0 Å². The van der Waals surface area contributed by atoms with E-state index in [9.17, 15) is 0 Å². The molecule has 0 bridgehead atoms. The van der Waals surface area contributed by atoms with Gasteiger partial charge in [-0.05, 0) is 39.0 Å². The number of rotatable bonds is 3. The van der Waals surface area contributed by atoms with E-state index in [2.05, 4.69) is 16.4 Å². The predicted molar refractivity (Wildman–Crippen MR) is 51.8 cm³/mol. The number of hydrogen-bond donors (Lipinski definition) is 2. The van der Waals surface area contributed by atoms with Gasteiger partial charge in [0.15, 0.2) is 0 Å². The van der Waals surface area contributed by atoms with E-state index in [1.54, 1.807) is 6.92 Å². The number of hydrogen-bond acceptors (Lipinski definition) is 4. The van der Waals surface area contributed by atoms with Crippen molar-refractivity contribution in [3.8, 4) is 0 Å². The van der Waals surface area contributed by atoms with Crippen molar-refractivity contribution in [1.82, 2.24) is 0 Å². The molecular weight excluding hydrogens is 184 g/mol. The molecule has 1 aliphatic carbocycles. The van der Waals surface area contributed by atoms with Crippen LogP contribution in [0.1, 0.15) is 33.1 Å². The highest BCUT2D eigenvalue weighted by atomic mass is 17.1. The zero-order valence-corrected chi connectivity index (χ0v) is 8.69. The van der Waals surface area contributed by atoms with Gasteiger partial charge in [0.1, 0.15) is 11.7 Å². The van der Waals surface area contributed by atoms with E-state index < -0.39 is 11.7 Å². The molecule has 3 unspecified atom stereocenters. The molecule has 3 atom stereocenters. The lowest BCUT2D eigenvalue weighted by molar-refractivity contribution is -0.396. The van der Waals surface area contributed by atoms with Crippen LogP contribution >= 0.6 is 0 Å². The van der Waals surface area contributed by atoms with E-state index in [1.165, 1.54) is 0 Å². The van der Waals surface area contributed by atoms with Crippen LogP contribution in [0.15, 0.2) is 12.2 Å². The molecule has 4 heteroatoms. The molecular formula is C10H18O4. The molecule has 4 nitrogen and oxygen atoms in total. The third kappa shape index (κ3) is 2.15. The van der Waals surface area contributed by atoms with Crippen LogP contribution in [0.2, 0.25) is 0 Å². The van der Waals surface area contributed by atoms with E-state index in [0.29, 0.717) is 18.8 Å². The maximum Gasteiger partial charge on any atom is 0.130 e. The quantitative estimate of drug-likeness (QED) is 0.419. The van der Waals surface area contributed by atoms with Gasteiger partial charge in [-0.15, -0.1) is 0 Å². The molecule has 1 saturated carbocycles. The normalized spacial score (nSPS) is 38.3. The molecule has 0 saturated heterocycles. The molecule has 1 aliphatic rings. The molecule has 1 fully saturated rings. The van der Waals surface area contributed by atoms with Gasteiger partial charge in [-0.25, -0.2) is 9.78 Å². The van der Waals surface area contributed by atoms with Gasteiger partial charge >= 0.3 is 0 Å².